The fraction of sp³-hybridized carbons (Fsp3) is 0.385. The summed E-state index contributed by atoms with van der Waals surface area (Å²) in [4.78, 5) is 11.4. The van der Waals surface area contributed by atoms with E-state index in [0.29, 0.717) is 12.4 Å². The Morgan fingerprint density at radius 1 is 1.43 bits per heavy atom. The van der Waals surface area contributed by atoms with E-state index in [1.165, 1.54) is 6.07 Å². The summed E-state index contributed by atoms with van der Waals surface area (Å²) in [6.07, 6.45) is 0. The Bertz CT molecular complexity index is 669. The van der Waals surface area contributed by atoms with E-state index in [0.717, 1.165) is 11.4 Å². The van der Waals surface area contributed by atoms with Crippen molar-refractivity contribution in [1.29, 1.82) is 0 Å². The van der Waals surface area contributed by atoms with Gasteiger partial charge in [-0.25, -0.2) is 0 Å². The van der Waals surface area contributed by atoms with Crippen LogP contribution < -0.4 is 11.1 Å². The second-order valence-corrected chi connectivity index (χ2v) is 5.34. The quantitative estimate of drug-likeness (QED) is 0.873. The van der Waals surface area contributed by atoms with Crippen LogP contribution >= 0.6 is 11.6 Å². The monoisotopic (exact) mass is 308 g/mol. The molecule has 21 heavy (non-hydrogen) atoms. The third-order valence-corrected chi connectivity index (χ3v) is 3.15. The highest BCUT2D eigenvalue weighted by atomic mass is 35.5. The van der Waals surface area contributed by atoms with Crippen LogP contribution in [-0.4, -0.2) is 31.9 Å². The van der Waals surface area contributed by atoms with Gasteiger partial charge in [0.25, 0.3) is 5.91 Å². The maximum atomic E-state index is 11.4. The van der Waals surface area contributed by atoms with E-state index in [-0.39, 0.29) is 16.8 Å². The summed E-state index contributed by atoms with van der Waals surface area (Å²) < 4.78 is 1.89. The van der Waals surface area contributed by atoms with Gasteiger partial charge in [0.2, 0.25) is 0 Å². The first kappa shape index (κ1) is 15.2. The number of amides is 1. The number of nitrogens with zero attached hydrogens (tertiary/aromatic N) is 4. The highest BCUT2D eigenvalue weighted by Gasteiger charge is 2.15. The third-order valence-electron chi connectivity index (χ3n) is 2.96. The van der Waals surface area contributed by atoms with Gasteiger partial charge in [-0.15, -0.1) is 10.2 Å². The van der Waals surface area contributed by atoms with Crippen LogP contribution in [0.2, 0.25) is 5.15 Å². The first-order chi connectivity index (χ1) is 9.86. The Kier molecular flexibility index (Phi) is 4.42. The van der Waals surface area contributed by atoms with E-state index in [4.69, 9.17) is 17.3 Å². The van der Waals surface area contributed by atoms with E-state index in [1.54, 1.807) is 0 Å². The SMILES string of the molecule is Cc1cc(C)n(C[C@@H](C)Nc2nnc(Cl)cc2C(N)=O)n1. The molecule has 2 rings (SSSR count). The number of nitrogens with two attached hydrogens (primary N) is 1. The van der Waals surface area contributed by atoms with E-state index in [9.17, 15) is 4.79 Å². The number of carbonyl (C=O) groups excluding carboxylic acids is 1. The molecule has 0 saturated carbocycles. The molecule has 0 aliphatic rings. The zero-order chi connectivity index (χ0) is 15.6. The van der Waals surface area contributed by atoms with Crippen LogP contribution in [-0.2, 0) is 6.54 Å². The van der Waals surface area contributed by atoms with Crippen LogP contribution in [0, 0.1) is 13.8 Å². The van der Waals surface area contributed by atoms with Gasteiger partial charge in [-0.1, -0.05) is 11.6 Å². The molecule has 8 heteroatoms. The Labute approximate surface area is 127 Å². The van der Waals surface area contributed by atoms with Gasteiger partial charge in [-0.3, -0.25) is 9.48 Å². The Balaban J connectivity index is 2.14. The maximum absolute atomic E-state index is 11.4. The number of hydrogen-bond donors (Lipinski definition) is 2. The number of carbonyl (C=O) groups is 1. The number of primary amides is 1. The highest BCUT2D eigenvalue weighted by molar-refractivity contribution is 6.29. The largest absolute Gasteiger partial charge is 0.365 e. The standard InChI is InChI=1S/C13H17ClN6O/c1-7-4-9(3)20(19-7)6-8(2)16-13-10(12(15)21)5-11(14)17-18-13/h4-5,8H,6H2,1-3H3,(H2,15,21)(H,16,18)/t8-/m1/s1. The Morgan fingerprint density at radius 2 is 2.14 bits per heavy atom. The summed E-state index contributed by atoms with van der Waals surface area (Å²) >= 11 is 5.73. The molecule has 0 saturated heterocycles. The van der Waals surface area contributed by atoms with Crippen LogP contribution in [0.5, 0.6) is 0 Å². The lowest BCUT2D eigenvalue weighted by molar-refractivity contribution is 0.100. The number of anilines is 1. The molecule has 3 N–H and O–H groups in total. The lowest BCUT2D eigenvalue weighted by Crippen LogP contribution is -2.26. The summed E-state index contributed by atoms with van der Waals surface area (Å²) in [5.41, 5.74) is 7.56. The fourth-order valence-corrected chi connectivity index (χ4v) is 2.21. The van der Waals surface area contributed by atoms with Gasteiger partial charge in [0.05, 0.1) is 17.8 Å². The summed E-state index contributed by atoms with van der Waals surface area (Å²) in [6, 6.07) is 3.38. The number of halogens is 1. The van der Waals surface area contributed by atoms with Crippen molar-refractivity contribution in [3.8, 4) is 0 Å². The van der Waals surface area contributed by atoms with Gasteiger partial charge in [0.1, 0.15) is 0 Å². The van der Waals surface area contributed by atoms with Gasteiger partial charge >= 0.3 is 0 Å². The van der Waals surface area contributed by atoms with E-state index >= 15 is 0 Å². The molecule has 2 aromatic rings. The second-order valence-electron chi connectivity index (χ2n) is 4.95. The van der Waals surface area contributed by atoms with Crippen molar-refractivity contribution in [2.75, 3.05) is 5.32 Å². The molecule has 1 amide bonds. The molecular formula is C13H17ClN6O. The van der Waals surface area contributed by atoms with E-state index < -0.39 is 5.91 Å². The predicted molar refractivity (Wildman–Crippen MR) is 80.3 cm³/mol. The third kappa shape index (κ3) is 3.69. The van der Waals surface area contributed by atoms with Gasteiger partial charge in [0.15, 0.2) is 11.0 Å². The lowest BCUT2D eigenvalue weighted by Gasteiger charge is -2.16. The Hall–Kier alpha value is -2.15. The van der Waals surface area contributed by atoms with E-state index in [2.05, 4.69) is 20.6 Å². The summed E-state index contributed by atoms with van der Waals surface area (Å²) in [5.74, 6) is -0.284. The first-order valence-electron chi connectivity index (χ1n) is 6.47. The molecule has 0 aromatic carbocycles. The predicted octanol–water partition coefficient (Wildman–Crippen LogP) is 1.54. The second kappa shape index (κ2) is 6.09. The van der Waals surface area contributed by atoms with Crippen LogP contribution in [0.1, 0.15) is 28.7 Å². The number of hydrogen-bond acceptors (Lipinski definition) is 5. The van der Waals surface area contributed by atoms with E-state index in [1.807, 2.05) is 31.5 Å². The molecule has 2 aromatic heterocycles. The van der Waals surface area contributed by atoms with Crippen LogP contribution in [0.15, 0.2) is 12.1 Å². The van der Waals surface area contributed by atoms with Gasteiger partial charge in [-0.05, 0) is 32.9 Å². The summed E-state index contributed by atoms with van der Waals surface area (Å²) in [6.45, 7) is 6.51. The van der Waals surface area contributed by atoms with Gasteiger partial charge < -0.3 is 11.1 Å². The average Bonchev–Trinajstić information content (AvgIpc) is 2.69. The number of rotatable bonds is 5. The summed E-state index contributed by atoms with van der Waals surface area (Å²) in [7, 11) is 0. The Morgan fingerprint density at radius 3 is 2.71 bits per heavy atom. The summed E-state index contributed by atoms with van der Waals surface area (Å²) in [5, 5.41) is 15.2. The van der Waals surface area contributed by atoms with Gasteiger partial charge in [0, 0.05) is 11.7 Å². The maximum Gasteiger partial charge on any atom is 0.252 e. The van der Waals surface area contributed by atoms with Crippen molar-refractivity contribution in [3.05, 3.63) is 34.2 Å². The van der Waals surface area contributed by atoms with Crippen molar-refractivity contribution >= 4 is 23.3 Å². The van der Waals surface area contributed by atoms with Crippen LogP contribution in [0.25, 0.3) is 0 Å². The molecule has 0 spiro atoms. The van der Waals surface area contributed by atoms with Crippen molar-refractivity contribution in [3.63, 3.8) is 0 Å². The minimum atomic E-state index is -0.604. The molecule has 0 fully saturated rings. The zero-order valence-electron chi connectivity index (χ0n) is 12.1. The topological polar surface area (TPSA) is 98.7 Å². The highest BCUT2D eigenvalue weighted by Crippen LogP contribution is 2.16. The minimum Gasteiger partial charge on any atom is -0.365 e. The van der Waals surface area contributed by atoms with Crippen molar-refractivity contribution in [2.24, 2.45) is 5.73 Å². The number of nitrogens with one attached hydrogen (secondary N) is 1. The smallest absolute Gasteiger partial charge is 0.252 e. The molecule has 112 valence electrons. The molecule has 1 atom stereocenters. The number of aromatic nitrogens is 4. The molecule has 0 bridgehead atoms. The lowest BCUT2D eigenvalue weighted by atomic mass is 10.2. The molecule has 7 nitrogen and oxygen atoms in total. The fourth-order valence-electron chi connectivity index (χ4n) is 2.06. The normalized spacial score (nSPS) is 12.2. The molecule has 2 heterocycles. The van der Waals surface area contributed by atoms with Crippen molar-refractivity contribution in [1.82, 2.24) is 20.0 Å². The minimum absolute atomic E-state index is 0.0171. The average molecular weight is 309 g/mol. The van der Waals surface area contributed by atoms with Gasteiger partial charge in [-0.2, -0.15) is 5.10 Å². The molecule has 0 unspecified atom stereocenters. The van der Waals surface area contributed by atoms with Crippen LogP contribution in [0.3, 0.4) is 0 Å². The first-order valence-corrected chi connectivity index (χ1v) is 6.85. The van der Waals surface area contributed by atoms with Crippen molar-refractivity contribution < 1.29 is 4.79 Å². The molecular weight excluding hydrogens is 292 g/mol. The molecule has 0 aliphatic heterocycles. The van der Waals surface area contributed by atoms with Crippen LogP contribution in [0.4, 0.5) is 5.82 Å². The molecule has 0 aliphatic carbocycles. The number of aryl methyl sites for hydroxylation is 2. The molecule has 0 radical (unpaired) electrons. The van der Waals surface area contributed by atoms with Crippen molar-refractivity contribution in [2.45, 2.75) is 33.4 Å². The zero-order valence-corrected chi connectivity index (χ0v) is 12.8.